The van der Waals surface area contributed by atoms with Crippen molar-refractivity contribution >= 4 is 0 Å². The zero-order valence-corrected chi connectivity index (χ0v) is 11.0. The Bertz CT molecular complexity index is 608. The molecule has 2 aromatic rings. The van der Waals surface area contributed by atoms with Gasteiger partial charge in [0.05, 0.1) is 0 Å². The van der Waals surface area contributed by atoms with E-state index in [1.807, 2.05) is 12.1 Å². The van der Waals surface area contributed by atoms with Crippen molar-refractivity contribution in [1.29, 1.82) is 0 Å². The van der Waals surface area contributed by atoms with Crippen molar-refractivity contribution in [3.8, 4) is 23.3 Å². The summed E-state index contributed by atoms with van der Waals surface area (Å²) in [6, 6.07) is 12.4. The van der Waals surface area contributed by atoms with Crippen LogP contribution in [0.2, 0.25) is 0 Å². The molecule has 0 unspecified atom stereocenters. The van der Waals surface area contributed by atoms with Crippen molar-refractivity contribution < 1.29 is 10.2 Å². The van der Waals surface area contributed by atoms with Crippen molar-refractivity contribution in [3.63, 3.8) is 0 Å². The van der Waals surface area contributed by atoms with Gasteiger partial charge in [-0.25, -0.2) is 0 Å². The minimum atomic E-state index is 0.0134. The lowest BCUT2D eigenvalue weighted by Crippen LogP contribution is -1.86. The highest BCUT2D eigenvalue weighted by atomic mass is 16.3. The topological polar surface area (TPSA) is 40.5 Å². The summed E-state index contributed by atoms with van der Waals surface area (Å²) in [5.74, 6) is 6.46. The second-order valence-electron chi connectivity index (χ2n) is 4.76. The molecule has 19 heavy (non-hydrogen) atoms. The van der Waals surface area contributed by atoms with Crippen LogP contribution in [0.25, 0.3) is 0 Å². The fourth-order valence-corrected chi connectivity index (χ4v) is 1.76. The zero-order chi connectivity index (χ0) is 13.8. The van der Waals surface area contributed by atoms with Crippen LogP contribution in [-0.4, -0.2) is 10.2 Å². The fraction of sp³-hybridized carbons (Fsp3) is 0.176. The quantitative estimate of drug-likeness (QED) is 0.761. The summed E-state index contributed by atoms with van der Waals surface area (Å²) in [6.07, 6.45) is 0. The molecule has 0 atom stereocenters. The van der Waals surface area contributed by atoms with Crippen molar-refractivity contribution in [2.45, 2.75) is 19.8 Å². The van der Waals surface area contributed by atoms with E-state index in [9.17, 15) is 10.2 Å². The van der Waals surface area contributed by atoms with Gasteiger partial charge in [-0.05, 0) is 35.7 Å². The van der Waals surface area contributed by atoms with Crippen molar-refractivity contribution in [2.75, 3.05) is 0 Å². The van der Waals surface area contributed by atoms with Gasteiger partial charge in [-0.3, -0.25) is 0 Å². The second-order valence-corrected chi connectivity index (χ2v) is 4.76. The highest BCUT2D eigenvalue weighted by Crippen LogP contribution is 2.19. The van der Waals surface area contributed by atoms with Crippen LogP contribution in [-0.2, 0) is 0 Å². The van der Waals surface area contributed by atoms with Crippen LogP contribution in [0.1, 0.15) is 36.5 Å². The first-order valence-electron chi connectivity index (χ1n) is 6.19. The molecule has 2 N–H and O–H groups in total. The third-order valence-electron chi connectivity index (χ3n) is 2.83. The number of benzene rings is 2. The van der Waals surface area contributed by atoms with Gasteiger partial charge in [-0.15, -0.1) is 0 Å². The lowest BCUT2D eigenvalue weighted by molar-refractivity contribution is 0.450. The molecule has 0 saturated heterocycles. The van der Waals surface area contributed by atoms with Gasteiger partial charge >= 0.3 is 0 Å². The maximum Gasteiger partial charge on any atom is 0.120 e. The highest BCUT2D eigenvalue weighted by molar-refractivity contribution is 5.48. The molecule has 0 aromatic heterocycles. The summed E-state index contributed by atoms with van der Waals surface area (Å²) < 4.78 is 0. The molecule has 0 heterocycles. The van der Waals surface area contributed by atoms with Crippen LogP contribution in [0.4, 0.5) is 0 Å². The second kappa shape index (κ2) is 5.49. The third-order valence-corrected chi connectivity index (χ3v) is 2.83. The predicted octanol–water partition coefficient (Wildman–Crippen LogP) is 3.62. The molecule has 2 aromatic carbocycles. The van der Waals surface area contributed by atoms with Gasteiger partial charge in [0.25, 0.3) is 0 Å². The summed E-state index contributed by atoms with van der Waals surface area (Å²) >= 11 is 0. The molecule has 0 spiro atoms. The molecule has 2 rings (SSSR count). The Hall–Kier alpha value is -2.40. The van der Waals surface area contributed by atoms with Gasteiger partial charge in [0.2, 0.25) is 0 Å². The normalized spacial score (nSPS) is 10.1. The van der Waals surface area contributed by atoms with Crippen LogP contribution >= 0.6 is 0 Å². The lowest BCUT2D eigenvalue weighted by atomic mass is 10.0. The molecule has 0 aliphatic carbocycles. The van der Waals surface area contributed by atoms with Crippen molar-refractivity contribution in [2.24, 2.45) is 0 Å². The van der Waals surface area contributed by atoms with E-state index in [4.69, 9.17) is 0 Å². The number of aromatic hydroxyl groups is 2. The molecule has 0 amide bonds. The summed E-state index contributed by atoms with van der Waals surface area (Å²) in [5.41, 5.74) is 2.78. The maximum absolute atomic E-state index is 9.36. The molecule has 0 aliphatic rings. The van der Waals surface area contributed by atoms with E-state index in [0.717, 1.165) is 5.56 Å². The average molecular weight is 252 g/mol. The van der Waals surface area contributed by atoms with Gasteiger partial charge < -0.3 is 10.2 Å². The van der Waals surface area contributed by atoms with Gasteiger partial charge in [0.15, 0.2) is 0 Å². The molecule has 0 saturated carbocycles. The highest BCUT2D eigenvalue weighted by Gasteiger charge is 1.98. The van der Waals surface area contributed by atoms with E-state index in [2.05, 4.69) is 37.8 Å². The van der Waals surface area contributed by atoms with E-state index >= 15 is 0 Å². The first-order valence-corrected chi connectivity index (χ1v) is 6.19. The molecule has 2 nitrogen and oxygen atoms in total. The summed E-state index contributed by atoms with van der Waals surface area (Å²) in [4.78, 5) is 0. The molecule has 0 fully saturated rings. The molecule has 2 heteroatoms. The first-order chi connectivity index (χ1) is 9.04. The van der Waals surface area contributed by atoms with Crippen LogP contribution in [0.3, 0.4) is 0 Å². The third kappa shape index (κ3) is 3.53. The van der Waals surface area contributed by atoms with Gasteiger partial charge in [-0.2, -0.15) is 0 Å². The Morgan fingerprint density at radius 3 is 1.84 bits per heavy atom. The Morgan fingerprint density at radius 2 is 1.32 bits per heavy atom. The van der Waals surface area contributed by atoms with E-state index < -0.39 is 0 Å². The van der Waals surface area contributed by atoms with Crippen LogP contribution in [0, 0.1) is 11.8 Å². The minimum absolute atomic E-state index is 0.0134. The molecular formula is C17H16O2. The van der Waals surface area contributed by atoms with Gasteiger partial charge in [0, 0.05) is 17.2 Å². The van der Waals surface area contributed by atoms with Gasteiger partial charge in [0.1, 0.15) is 11.5 Å². The Labute approximate surface area is 113 Å². The number of phenols is 2. The Morgan fingerprint density at radius 1 is 0.789 bits per heavy atom. The van der Waals surface area contributed by atoms with Gasteiger partial charge in [-0.1, -0.05) is 37.8 Å². The van der Waals surface area contributed by atoms with Crippen molar-refractivity contribution in [1.82, 2.24) is 0 Å². The number of hydrogen-bond acceptors (Lipinski definition) is 2. The monoisotopic (exact) mass is 252 g/mol. The molecular weight excluding hydrogens is 236 g/mol. The van der Waals surface area contributed by atoms with E-state index in [1.54, 1.807) is 0 Å². The zero-order valence-electron chi connectivity index (χ0n) is 11.0. The summed E-state index contributed by atoms with van der Waals surface area (Å²) in [6.45, 7) is 4.30. The maximum atomic E-state index is 9.36. The average Bonchev–Trinajstić information content (AvgIpc) is 2.36. The number of hydrogen-bond donors (Lipinski definition) is 2. The largest absolute Gasteiger partial charge is 0.508 e. The van der Waals surface area contributed by atoms with Crippen molar-refractivity contribution in [3.05, 3.63) is 59.2 Å². The summed E-state index contributed by atoms with van der Waals surface area (Å²) in [5, 5.41) is 18.7. The lowest BCUT2D eigenvalue weighted by Gasteiger charge is -2.03. The van der Waals surface area contributed by atoms with E-state index in [1.165, 1.54) is 23.8 Å². The minimum Gasteiger partial charge on any atom is -0.508 e. The van der Waals surface area contributed by atoms with Crippen LogP contribution in [0.5, 0.6) is 11.5 Å². The Kier molecular flexibility index (Phi) is 3.77. The van der Waals surface area contributed by atoms with E-state index in [0.29, 0.717) is 11.5 Å². The SMILES string of the molecule is CC(C)c1ccc(C#Cc2cc(O)cc(O)c2)cc1. The van der Waals surface area contributed by atoms with Crippen LogP contribution in [0.15, 0.2) is 42.5 Å². The Balaban J connectivity index is 2.23. The smallest absolute Gasteiger partial charge is 0.120 e. The van der Waals surface area contributed by atoms with E-state index in [-0.39, 0.29) is 11.5 Å². The molecule has 96 valence electrons. The van der Waals surface area contributed by atoms with Crippen LogP contribution < -0.4 is 0 Å². The predicted molar refractivity (Wildman–Crippen MR) is 76.3 cm³/mol. The molecule has 0 aliphatic heterocycles. The molecule has 0 radical (unpaired) electrons. The first kappa shape index (κ1) is 13.0. The summed E-state index contributed by atoms with van der Waals surface area (Å²) in [7, 11) is 0. The standard InChI is InChI=1S/C17H16O2/c1-12(2)15-7-5-13(6-8-15)3-4-14-9-16(18)11-17(19)10-14/h5-12,18-19H,1-2H3. The number of phenolic OH excluding ortho intramolecular Hbond substituents is 2. The number of rotatable bonds is 1. The fourth-order valence-electron chi connectivity index (χ4n) is 1.76. The molecule has 0 bridgehead atoms.